The van der Waals surface area contributed by atoms with E-state index in [9.17, 15) is 8.42 Å². The van der Waals surface area contributed by atoms with E-state index in [1.54, 1.807) is 25.1 Å². The van der Waals surface area contributed by atoms with Gasteiger partial charge in [0, 0.05) is 7.05 Å². The SMILES string of the molecule is CCS(=O)(=O)Nc1ccc2c(c1)N(C)CCO2. The van der Waals surface area contributed by atoms with Crippen molar-refractivity contribution in [3.8, 4) is 5.75 Å². The highest BCUT2D eigenvalue weighted by atomic mass is 32.2. The van der Waals surface area contributed by atoms with Gasteiger partial charge in [0.25, 0.3) is 0 Å². The van der Waals surface area contributed by atoms with E-state index in [4.69, 9.17) is 4.74 Å². The number of likely N-dealkylation sites (N-methyl/N-ethyl adjacent to an activating group) is 1. The molecule has 0 unspecified atom stereocenters. The number of rotatable bonds is 3. The molecule has 94 valence electrons. The van der Waals surface area contributed by atoms with Crippen LogP contribution in [0.25, 0.3) is 0 Å². The largest absolute Gasteiger partial charge is 0.490 e. The lowest BCUT2D eigenvalue weighted by molar-refractivity contribution is 0.311. The molecule has 0 fully saturated rings. The molecule has 0 bridgehead atoms. The van der Waals surface area contributed by atoms with Gasteiger partial charge in [-0.3, -0.25) is 4.72 Å². The number of benzene rings is 1. The lowest BCUT2D eigenvalue weighted by Crippen LogP contribution is -2.28. The zero-order chi connectivity index (χ0) is 12.5. The summed E-state index contributed by atoms with van der Waals surface area (Å²) in [6, 6.07) is 5.30. The second-order valence-corrected chi connectivity index (χ2v) is 5.97. The zero-order valence-electron chi connectivity index (χ0n) is 9.93. The van der Waals surface area contributed by atoms with E-state index in [0.29, 0.717) is 12.3 Å². The Bertz CT molecular complexity index is 513. The Morgan fingerprint density at radius 3 is 2.94 bits per heavy atom. The highest BCUT2D eigenvalue weighted by Gasteiger charge is 2.16. The molecule has 1 aromatic rings. The first-order valence-electron chi connectivity index (χ1n) is 5.50. The Morgan fingerprint density at radius 2 is 2.24 bits per heavy atom. The van der Waals surface area contributed by atoms with Crippen LogP contribution in [0, 0.1) is 0 Å². The van der Waals surface area contributed by atoms with Crippen LogP contribution in [0.15, 0.2) is 18.2 Å². The summed E-state index contributed by atoms with van der Waals surface area (Å²) in [5.74, 6) is 0.856. The standard InChI is InChI=1S/C11H16N2O3S/c1-3-17(14,15)12-9-4-5-11-10(8-9)13(2)6-7-16-11/h4-5,8,12H,3,6-7H2,1-2H3. The molecule has 0 atom stereocenters. The molecule has 1 heterocycles. The summed E-state index contributed by atoms with van der Waals surface area (Å²) >= 11 is 0. The van der Waals surface area contributed by atoms with Gasteiger partial charge in [0.05, 0.1) is 23.7 Å². The molecular weight excluding hydrogens is 240 g/mol. The predicted octanol–water partition coefficient (Wildman–Crippen LogP) is 1.28. The Morgan fingerprint density at radius 1 is 1.47 bits per heavy atom. The van der Waals surface area contributed by atoms with Crippen molar-refractivity contribution >= 4 is 21.4 Å². The minimum absolute atomic E-state index is 0.0659. The molecular formula is C11H16N2O3S. The second-order valence-electron chi connectivity index (χ2n) is 3.96. The van der Waals surface area contributed by atoms with Crippen molar-refractivity contribution in [3.05, 3.63) is 18.2 Å². The molecule has 1 aliphatic rings. The van der Waals surface area contributed by atoms with Gasteiger partial charge in [0.2, 0.25) is 10.0 Å². The lowest BCUT2D eigenvalue weighted by atomic mass is 10.2. The fraction of sp³-hybridized carbons (Fsp3) is 0.455. The molecule has 1 aromatic carbocycles. The van der Waals surface area contributed by atoms with Crippen molar-refractivity contribution in [1.29, 1.82) is 0 Å². The van der Waals surface area contributed by atoms with Gasteiger partial charge in [-0.05, 0) is 25.1 Å². The maximum absolute atomic E-state index is 11.5. The fourth-order valence-electron chi connectivity index (χ4n) is 1.67. The van der Waals surface area contributed by atoms with Crippen molar-refractivity contribution < 1.29 is 13.2 Å². The van der Waals surface area contributed by atoms with Crippen LogP contribution >= 0.6 is 0 Å². The molecule has 0 saturated heterocycles. The molecule has 0 saturated carbocycles. The van der Waals surface area contributed by atoms with Gasteiger partial charge in [-0.15, -0.1) is 0 Å². The van der Waals surface area contributed by atoms with E-state index in [1.165, 1.54) is 0 Å². The maximum atomic E-state index is 11.5. The first-order valence-corrected chi connectivity index (χ1v) is 7.15. The van der Waals surface area contributed by atoms with Crippen molar-refractivity contribution in [2.24, 2.45) is 0 Å². The summed E-state index contributed by atoms with van der Waals surface area (Å²) in [6.45, 7) is 3.07. The predicted molar refractivity (Wildman–Crippen MR) is 68.3 cm³/mol. The van der Waals surface area contributed by atoms with Crippen LogP contribution in [0.2, 0.25) is 0 Å². The minimum atomic E-state index is -3.23. The van der Waals surface area contributed by atoms with Crippen LogP contribution in [0.3, 0.4) is 0 Å². The summed E-state index contributed by atoms with van der Waals surface area (Å²) in [6.07, 6.45) is 0. The van der Waals surface area contributed by atoms with Crippen LogP contribution in [0.5, 0.6) is 5.75 Å². The number of ether oxygens (including phenoxy) is 1. The van der Waals surface area contributed by atoms with Gasteiger partial charge in [-0.1, -0.05) is 0 Å². The van der Waals surface area contributed by atoms with Gasteiger partial charge >= 0.3 is 0 Å². The van der Waals surface area contributed by atoms with Gasteiger partial charge in [0.1, 0.15) is 12.4 Å². The average molecular weight is 256 g/mol. The first kappa shape index (κ1) is 12.0. The second kappa shape index (κ2) is 4.44. The van der Waals surface area contributed by atoms with E-state index >= 15 is 0 Å². The molecule has 0 amide bonds. The highest BCUT2D eigenvalue weighted by molar-refractivity contribution is 7.92. The monoisotopic (exact) mass is 256 g/mol. The number of nitrogens with one attached hydrogen (secondary N) is 1. The van der Waals surface area contributed by atoms with Gasteiger partial charge in [-0.2, -0.15) is 0 Å². The molecule has 1 N–H and O–H groups in total. The van der Waals surface area contributed by atoms with Crippen LogP contribution in [-0.4, -0.2) is 34.4 Å². The Kier molecular flexibility index (Phi) is 3.15. The van der Waals surface area contributed by atoms with Crippen molar-refractivity contribution in [2.45, 2.75) is 6.92 Å². The highest BCUT2D eigenvalue weighted by Crippen LogP contribution is 2.33. The van der Waals surface area contributed by atoms with Gasteiger partial charge in [-0.25, -0.2) is 8.42 Å². The third kappa shape index (κ3) is 2.63. The average Bonchev–Trinajstić information content (AvgIpc) is 2.30. The molecule has 1 aliphatic heterocycles. The zero-order valence-corrected chi connectivity index (χ0v) is 10.8. The number of anilines is 2. The quantitative estimate of drug-likeness (QED) is 0.885. The number of hydrogen-bond donors (Lipinski definition) is 1. The van der Waals surface area contributed by atoms with E-state index in [-0.39, 0.29) is 5.75 Å². The number of sulfonamides is 1. The maximum Gasteiger partial charge on any atom is 0.232 e. The molecule has 17 heavy (non-hydrogen) atoms. The topological polar surface area (TPSA) is 58.6 Å². The smallest absolute Gasteiger partial charge is 0.232 e. The van der Waals surface area contributed by atoms with Crippen LogP contribution in [-0.2, 0) is 10.0 Å². The van der Waals surface area contributed by atoms with E-state index in [1.807, 2.05) is 11.9 Å². The summed E-state index contributed by atoms with van der Waals surface area (Å²) in [7, 11) is -1.27. The van der Waals surface area contributed by atoms with Gasteiger partial charge in [0.15, 0.2) is 0 Å². The normalized spacial score (nSPS) is 15.1. The molecule has 0 spiro atoms. The van der Waals surface area contributed by atoms with E-state index in [0.717, 1.165) is 18.0 Å². The molecule has 0 radical (unpaired) electrons. The molecule has 6 heteroatoms. The first-order chi connectivity index (χ1) is 8.02. The Balaban J connectivity index is 2.30. The summed E-state index contributed by atoms with van der Waals surface area (Å²) in [5, 5.41) is 0. The lowest BCUT2D eigenvalue weighted by Gasteiger charge is -2.28. The molecule has 2 rings (SSSR count). The minimum Gasteiger partial charge on any atom is -0.490 e. The van der Waals surface area contributed by atoms with Crippen LogP contribution in [0.1, 0.15) is 6.92 Å². The third-order valence-electron chi connectivity index (χ3n) is 2.71. The van der Waals surface area contributed by atoms with Crippen molar-refractivity contribution in [1.82, 2.24) is 0 Å². The summed E-state index contributed by atoms with van der Waals surface area (Å²) < 4.78 is 30.9. The fourth-order valence-corrected chi connectivity index (χ4v) is 2.30. The Hall–Kier alpha value is -1.43. The molecule has 0 aliphatic carbocycles. The van der Waals surface area contributed by atoms with Crippen LogP contribution < -0.4 is 14.4 Å². The van der Waals surface area contributed by atoms with E-state index in [2.05, 4.69) is 4.72 Å². The van der Waals surface area contributed by atoms with E-state index < -0.39 is 10.0 Å². The van der Waals surface area contributed by atoms with Crippen LogP contribution in [0.4, 0.5) is 11.4 Å². The Labute approximate surface area is 101 Å². The molecule has 5 nitrogen and oxygen atoms in total. The number of fused-ring (bicyclic) bond motifs is 1. The summed E-state index contributed by atoms with van der Waals surface area (Å²) in [4.78, 5) is 2.04. The third-order valence-corrected chi connectivity index (χ3v) is 4.01. The number of hydrogen-bond acceptors (Lipinski definition) is 4. The number of nitrogens with zero attached hydrogens (tertiary/aromatic N) is 1. The van der Waals surface area contributed by atoms with Gasteiger partial charge < -0.3 is 9.64 Å². The van der Waals surface area contributed by atoms with Crippen molar-refractivity contribution in [3.63, 3.8) is 0 Å². The van der Waals surface area contributed by atoms with Crippen molar-refractivity contribution in [2.75, 3.05) is 35.6 Å². The summed E-state index contributed by atoms with van der Waals surface area (Å²) in [5.41, 5.74) is 1.48. The molecule has 0 aromatic heterocycles.